The lowest BCUT2D eigenvalue weighted by Gasteiger charge is -2.12. The van der Waals surface area contributed by atoms with E-state index in [0.29, 0.717) is 10.8 Å². The van der Waals surface area contributed by atoms with E-state index in [0.717, 1.165) is 10.0 Å². The van der Waals surface area contributed by atoms with Crippen LogP contribution in [-0.4, -0.2) is 18.2 Å². The van der Waals surface area contributed by atoms with E-state index in [1.165, 1.54) is 0 Å². The Morgan fingerprint density at radius 2 is 2.05 bits per heavy atom. The molecule has 0 radical (unpaired) electrons. The second-order valence-corrected chi connectivity index (χ2v) is 5.86. The predicted octanol–water partition coefficient (Wildman–Crippen LogP) is 4.02. The Balaban J connectivity index is 1.87. The average molecular weight is 382 g/mol. The molecule has 6 heteroatoms. The maximum Gasteiger partial charge on any atom is 0.280 e. The highest BCUT2D eigenvalue weighted by atomic mass is 79.9. The van der Waals surface area contributed by atoms with Crippen LogP contribution < -0.4 is 10.2 Å². The van der Waals surface area contributed by atoms with Crippen molar-refractivity contribution in [3.63, 3.8) is 0 Å². The molecular formula is C16H14BrClN2O2. The second kappa shape index (κ2) is 7.96. The third-order valence-corrected chi connectivity index (χ3v) is 3.48. The molecular weight excluding hydrogens is 368 g/mol. The Hall–Kier alpha value is -1.85. The van der Waals surface area contributed by atoms with Crippen LogP contribution in [0.15, 0.2) is 58.1 Å². The molecule has 1 atom stereocenters. The first-order valence-electron chi connectivity index (χ1n) is 6.55. The van der Waals surface area contributed by atoms with Gasteiger partial charge in [-0.1, -0.05) is 39.7 Å². The van der Waals surface area contributed by atoms with Gasteiger partial charge in [-0.2, -0.15) is 5.10 Å². The molecule has 22 heavy (non-hydrogen) atoms. The minimum atomic E-state index is -0.666. The Labute approximate surface area is 142 Å². The summed E-state index contributed by atoms with van der Waals surface area (Å²) in [6.07, 6.45) is 0.901. The zero-order valence-corrected chi connectivity index (χ0v) is 14.1. The minimum Gasteiger partial charge on any atom is -0.481 e. The molecule has 0 aliphatic heterocycles. The van der Waals surface area contributed by atoms with Crippen molar-refractivity contribution in [1.82, 2.24) is 5.43 Å². The van der Waals surface area contributed by atoms with Crippen molar-refractivity contribution in [2.24, 2.45) is 5.10 Å². The summed E-state index contributed by atoms with van der Waals surface area (Å²) in [4.78, 5) is 11.9. The fourth-order valence-electron chi connectivity index (χ4n) is 1.62. The Kier molecular flexibility index (Phi) is 5.98. The summed E-state index contributed by atoms with van der Waals surface area (Å²) in [5, 5.41) is 4.53. The van der Waals surface area contributed by atoms with Crippen LogP contribution in [0.4, 0.5) is 0 Å². The Morgan fingerprint density at radius 1 is 1.32 bits per heavy atom. The number of hydrogen-bond acceptors (Lipinski definition) is 3. The smallest absolute Gasteiger partial charge is 0.280 e. The van der Waals surface area contributed by atoms with Crippen LogP contribution >= 0.6 is 27.5 Å². The van der Waals surface area contributed by atoms with E-state index < -0.39 is 6.10 Å². The highest BCUT2D eigenvalue weighted by Gasteiger charge is 2.13. The van der Waals surface area contributed by atoms with E-state index in [9.17, 15) is 4.79 Å². The quantitative estimate of drug-likeness (QED) is 0.628. The molecule has 0 fully saturated rings. The van der Waals surface area contributed by atoms with Crippen LogP contribution in [0.5, 0.6) is 5.75 Å². The first kappa shape index (κ1) is 16.5. The molecule has 4 nitrogen and oxygen atoms in total. The van der Waals surface area contributed by atoms with Crippen molar-refractivity contribution in [2.45, 2.75) is 13.0 Å². The summed E-state index contributed by atoms with van der Waals surface area (Å²) in [5.41, 5.74) is 3.32. The second-order valence-electron chi connectivity index (χ2n) is 4.50. The van der Waals surface area contributed by atoms with E-state index in [2.05, 4.69) is 26.5 Å². The molecule has 0 saturated heterocycles. The number of amides is 1. The molecule has 2 aromatic carbocycles. The van der Waals surface area contributed by atoms with E-state index in [1.54, 1.807) is 37.4 Å². The highest BCUT2D eigenvalue weighted by molar-refractivity contribution is 9.10. The van der Waals surface area contributed by atoms with Gasteiger partial charge in [0.05, 0.1) is 6.21 Å². The number of ether oxygens (including phenoxy) is 1. The fraction of sp³-hybridized carbons (Fsp3) is 0.125. The zero-order valence-electron chi connectivity index (χ0n) is 11.8. The van der Waals surface area contributed by atoms with Crippen LogP contribution in [0, 0.1) is 0 Å². The van der Waals surface area contributed by atoms with Crippen molar-refractivity contribution in [2.75, 3.05) is 0 Å². The minimum absolute atomic E-state index is 0.332. The molecule has 0 bridgehead atoms. The number of carbonyl (C=O) groups is 1. The average Bonchev–Trinajstić information content (AvgIpc) is 2.49. The summed E-state index contributed by atoms with van der Waals surface area (Å²) in [5.74, 6) is 0.240. The summed E-state index contributed by atoms with van der Waals surface area (Å²) in [7, 11) is 0. The van der Waals surface area contributed by atoms with E-state index in [-0.39, 0.29) is 5.91 Å². The van der Waals surface area contributed by atoms with Crippen LogP contribution in [-0.2, 0) is 4.79 Å². The molecule has 1 N–H and O–H groups in total. The van der Waals surface area contributed by atoms with Crippen LogP contribution in [0.25, 0.3) is 0 Å². The predicted molar refractivity (Wildman–Crippen MR) is 91.4 cm³/mol. The molecule has 0 aromatic heterocycles. The zero-order chi connectivity index (χ0) is 15.9. The molecule has 0 heterocycles. The lowest BCUT2D eigenvalue weighted by Crippen LogP contribution is -2.33. The highest BCUT2D eigenvalue weighted by Crippen LogP contribution is 2.16. The summed E-state index contributed by atoms with van der Waals surface area (Å²) in [6, 6.07) is 14.4. The molecule has 1 unspecified atom stereocenters. The van der Waals surface area contributed by atoms with E-state index in [1.807, 2.05) is 24.3 Å². The lowest BCUT2D eigenvalue weighted by atomic mass is 10.2. The number of carbonyl (C=O) groups excluding carboxylic acids is 1. The topological polar surface area (TPSA) is 50.7 Å². The SMILES string of the molecule is CC(Oc1ccc(Cl)cc1)C(=O)N/N=C\c1cccc(Br)c1. The first-order chi connectivity index (χ1) is 10.5. The fourth-order valence-corrected chi connectivity index (χ4v) is 2.16. The van der Waals surface area contributed by atoms with Gasteiger partial charge in [0.25, 0.3) is 5.91 Å². The van der Waals surface area contributed by atoms with Crippen molar-refractivity contribution in [1.29, 1.82) is 0 Å². The van der Waals surface area contributed by atoms with Gasteiger partial charge in [0.2, 0.25) is 0 Å². The van der Waals surface area contributed by atoms with E-state index in [4.69, 9.17) is 16.3 Å². The standard InChI is InChI=1S/C16H14BrClN2O2/c1-11(22-15-7-5-14(18)6-8-15)16(21)20-19-10-12-3-2-4-13(17)9-12/h2-11H,1H3,(H,20,21)/b19-10-. The molecule has 2 aromatic rings. The number of rotatable bonds is 5. The van der Waals surface area contributed by atoms with Gasteiger partial charge in [-0.05, 0) is 48.9 Å². The van der Waals surface area contributed by atoms with Gasteiger partial charge >= 0.3 is 0 Å². The third-order valence-electron chi connectivity index (χ3n) is 2.73. The first-order valence-corrected chi connectivity index (χ1v) is 7.72. The van der Waals surface area contributed by atoms with Gasteiger partial charge in [0, 0.05) is 9.50 Å². The van der Waals surface area contributed by atoms with Crippen LogP contribution in [0.1, 0.15) is 12.5 Å². The number of hydrazone groups is 1. The monoisotopic (exact) mass is 380 g/mol. The van der Waals surface area contributed by atoms with Crippen molar-refractivity contribution < 1.29 is 9.53 Å². The maximum atomic E-state index is 11.9. The number of hydrogen-bond donors (Lipinski definition) is 1. The molecule has 0 aliphatic carbocycles. The van der Waals surface area contributed by atoms with Crippen molar-refractivity contribution in [3.8, 4) is 5.75 Å². The molecule has 114 valence electrons. The largest absolute Gasteiger partial charge is 0.481 e. The Morgan fingerprint density at radius 3 is 2.73 bits per heavy atom. The molecule has 1 amide bonds. The Bertz CT molecular complexity index is 674. The number of nitrogens with one attached hydrogen (secondary N) is 1. The lowest BCUT2D eigenvalue weighted by molar-refractivity contribution is -0.127. The normalized spacial score (nSPS) is 12.1. The molecule has 0 aliphatic rings. The van der Waals surface area contributed by atoms with Gasteiger partial charge in [-0.25, -0.2) is 5.43 Å². The summed E-state index contributed by atoms with van der Waals surface area (Å²) < 4.78 is 6.45. The van der Waals surface area contributed by atoms with Gasteiger partial charge in [0.1, 0.15) is 5.75 Å². The number of nitrogens with zero attached hydrogens (tertiary/aromatic N) is 1. The van der Waals surface area contributed by atoms with Crippen LogP contribution in [0.3, 0.4) is 0 Å². The van der Waals surface area contributed by atoms with Gasteiger partial charge < -0.3 is 4.74 Å². The van der Waals surface area contributed by atoms with Crippen molar-refractivity contribution >= 4 is 39.7 Å². The van der Waals surface area contributed by atoms with Crippen molar-refractivity contribution in [3.05, 3.63) is 63.6 Å². The van der Waals surface area contributed by atoms with Gasteiger partial charge in [-0.15, -0.1) is 0 Å². The molecule has 0 saturated carbocycles. The molecule has 2 rings (SSSR count). The third kappa shape index (κ3) is 5.16. The number of benzene rings is 2. The van der Waals surface area contributed by atoms with Gasteiger partial charge in [-0.3, -0.25) is 4.79 Å². The van der Waals surface area contributed by atoms with Gasteiger partial charge in [0.15, 0.2) is 6.10 Å². The summed E-state index contributed by atoms with van der Waals surface area (Å²) >= 11 is 9.16. The summed E-state index contributed by atoms with van der Waals surface area (Å²) in [6.45, 7) is 1.65. The van der Waals surface area contributed by atoms with Crippen LogP contribution in [0.2, 0.25) is 5.02 Å². The number of halogens is 2. The molecule has 0 spiro atoms. The van der Waals surface area contributed by atoms with E-state index >= 15 is 0 Å². The maximum absolute atomic E-state index is 11.9.